The van der Waals surface area contributed by atoms with E-state index in [1.807, 2.05) is 0 Å². The number of piperidine rings is 1. The molecule has 2 aromatic rings. The monoisotopic (exact) mass is 337 g/mol. The molecule has 3 rings (SSSR count). The molecule has 0 saturated carbocycles. The predicted molar refractivity (Wildman–Crippen MR) is 85.6 cm³/mol. The van der Waals surface area contributed by atoms with E-state index in [1.165, 1.54) is 0 Å². The van der Waals surface area contributed by atoms with Crippen molar-refractivity contribution in [1.82, 2.24) is 14.5 Å². The van der Waals surface area contributed by atoms with Crippen LogP contribution in [0.2, 0.25) is 0 Å². The van der Waals surface area contributed by atoms with Gasteiger partial charge in [0.25, 0.3) is 0 Å². The summed E-state index contributed by atoms with van der Waals surface area (Å²) in [5.74, 6) is 0.118. The van der Waals surface area contributed by atoms with Gasteiger partial charge in [0, 0.05) is 0 Å². The summed E-state index contributed by atoms with van der Waals surface area (Å²) >= 11 is 0. The number of hydrogen-bond acceptors (Lipinski definition) is 4. The van der Waals surface area contributed by atoms with Crippen molar-refractivity contribution >= 4 is 17.0 Å². The minimum Gasteiger partial charge on any atom is -0.466 e. The van der Waals surface area contributed by atoms with Crippen LogP contribution in [-0.2, 0) is 16.1 Å². The molecule has 0 radical (unpaired) electrons. The topological polar surface area (TPSA) is 47.4 Å². The zero-order chi connectivity index (χ0) is 17.1. The summed E-state index contributed by atoms with van der Waals surface area (Å²) in [5.41, 5.74) is 1.03. The molecular formula is C17H21F2N3O2. The molecule has 0 atom stereocenters. The van der Waals surface area contributed by atoms with E-state index in [0.29, 0.717) is 55.9 Å². The number of hydrogen-bond donors (Lipinski definition) is 0. The zero-order valence-corrected chi connectivity index (χ0v) is 13.6. The maximum atomic E-state index is 13.4. The lowest BCUT2D eigenvalue weighted by atomic mass is 9.97. The number of nitrogens with zero attached hydrogens (tertiary/aromatic N) is 3. The average Bonchev–Trinajstić information content (AvgIpc) is 2.93. The lowest BCUT2D eigenvalue weighted by Gasteiger charge is -2.30. The molecule has 0 N–H and O–H groups in total. The molecule has 0 spiro atoms. The molecule has 1 fully saturated rings. The van der Waals surface area contributed by atoms with E-state index in [2.05, 4.69) is 9.88 Å². The van der Waals surface area contributed by atoms with Crippen LogP contribution < -0.4 is 0 Å². The highest BCUT2D eigenvalue weighted by Crippen LogP contribution is 2.25. The third-order valence-electron chi connectivity index (χ3n) is 4.44. The summed E-state index contributed by atoms with van der Waals surface area (Å²) in [7, 11) is 0. The Hall–Kier alpha value is -2.02. The van der Waals surface area contributed by atoms with E-state index >= 15 is 0 Å². The third kappa shape index (κ3) is 3.40. The van der Waals surface area contributed by atoms with E-state index in [9.17, 15) is 13.6 Å². The van der Waals surface area contributed by atoms with Crippen LogP contribution in [0, 0.1) is 5.92 Å². The SMILES string of the molecule is CCOC(=O)C1CCN(Cc2nc3ccccc3n2C(F)F)CC1. The molecule has 130 valence electrons. The van der Waals surface area contributed by atoms with Crippen LogP contribution in [0.4, 0.5) is 8.78 Å². The van der Waals surface area contributed by atoms with Crippen LogP contribution in [-0.4, -0.2) is 40.1 Å². The molecular weight excluding hydrogens is 316 g/mol. The van der Waals surface area contributed by atoms with Gasteiger partial charge in [-0.3, -0.25) is 14.3 Å². The van der Waals surface area contributed by atoms with Crippen LogP contribution in [0.15, 0.2) is 24.3 Å². The summed E-state index contributed by atoms with van der Waals surface area (Å²) in [6, 6.07) is 6.92. The second-order valence-corrected chi connectivity index (χ2v) is 5.97. The lowest BCUT2D eigenvalue weighted by molar-refractivity contribution is -0.149. The summed E-state index contributed by atoms with van der Waals surface area (Å²) in [6.45, 7) is 1.27. The highest BCUT2D eigenvalue weighted by atomic mass is 19.3. The average molecular weight is 337 g/mol. The van der Waals surface area contributed by atoms with E-state index in [4.69, 9.17) is 4.74 Å². The second-order valence-electron chi connectivity index (χ2n) is 5.97. The number of aromatic nitrogens is 2. The summed E-state index contributed by atoms with van der Waals surface area (Å²) in [4.78, 5) is 18.2. The minimum atomic E-state index is -2.62. The van der Waals surface area contributed by atoms with Crippen LogP contribution >= 0.6 is 0 Å². The van der Waals surface area contributed by atoms with Crippen molar-refractivity contribution in [3.63, 3.8) is 0 Å². The number of rotatable bonds is 5. The van der Waals surface area contributed by atoms with Crippen molar-refractivity contribution in [3.05, 3.63) is 30.1 Å². The Morgan fingerprint density at radius 1 is 1.33 bits per heavy atom. The Kier molecular flexibility index (Phi) is 5.08. The van der Waals surface area contributed by atoms with E-state index in [-0.39, 0.29) is 11.9 Å². The highest BCUT2D eigenvalue weighted by molar-refractivity contribution is 5.76. The molecule has 1 aliphatic heterocycles. The number of alkyl halides is 2. The summed E-state index contributed by atoms with van der Waals surface area (Å²) in [6.07, 6.45) is 1.38. The van der Waals surface area contributed by atoms with E-state index < -0.39 is 6.55 Å². The maximum Gasteiger partial charge on any atom is 0.320 e. The number of imidazole rings is 1. The molecule has 0 unspecified atom stereocenters. The van der Waals surface area contributed by atoms with E-state index in [0.717, 1.165) is 4.57 Å². The van der Waals surface area contributed by atoms with Crippen LogP contribution in [0.25, 0.3) is 11.0 Å². The van der Waals surface area contributed by atoms with Gasteiger partial charge in [0.15, 0.2) is 0 Å². The fourth-order valence-electron chi connectivity index (χ4n) is 3.21. The molecule has 1 saturated heterocycles. The molecule has 1 aromatic heterocycles. The predicted octanol–water partition coefficient (Wildman–Crippen LogP) is 3.21. The first-order chi connectivity index (χ1) is 11.6. The Labute approximate surface area is 139 Å². The molecule has 5 nitrogen and oxygen atoms in total. The maximum absolute atomic E-state index is 13.4. The first-order valence-corrected chi connectivity index (χ1v) is 8.23. The van der Waals surface area contributed by atoms with Crippen molar-refractivity contribution < 1.29 is 18.3 Å². The number of ether oxygens (including phenoxy) is 1. The number of esters is 1. The van der Waals surface area contributed by atoms with Crippen LogP contribution in [0.1, 0.15) is 32.1 Å². The van der Waals surface area contributed by atoms with Crippen molar-refractivity contribution in [2.75, 3.05) is 19.7 Å². The van der Waals surface area contributed by atoms with Gasteiger partial charge in [-0.05, 0) is 45.0 Å². The normalized spacial score (nSPS) is 16.8. The van der Waals surface area contributed by atoms with Gasteiger partial charge in [-0.2, -0.15) is 8.78 Å². The molecule has 1 aliphatic rings. The number of carbonyl (C=O) groups excluding carboxylic acids is 1. The van der Waals surface area contributed by atoms with Gasteiger partial charge in [0.2, 0.25) is 0 Å². The molecule has 1 aromatic carbocycles. The van der Waals surface area contributed by atoms with Gasteiger partial charge in [0.1, 0.15) is 5.82 Å². The number of fused-ring (bicyclic) bond motifs is 1. The second kappa shape index (κ2) is 7.25. The quantitative estimate of drug-likeness (QED) is 0.786. The van der Waals surface area contributed by atoms with Crippen LogP contribution in [0.3, 0.4) is 0 Å². The number of halogens is 2. The van der Waals surface area contributed by atoms with Gasteiger partial charge in [-0.1, -0.05) is 12.1 Å². The third-order valence-corrected chi connectivity index (χ3v) is 4.44. The number of para-hydroxylation sites is 2. The first-order valence-electron chi connectivity index (χ1n) is 8.23. The Morgan fingerprint density at radius 2 is 2.04 bits per heavy atom. The molecule has 7 heteroatoms. The summed E-state index contributed by atoms with van der Waals surface area (Å²) in [5, 5.41) is 0. The molecule has 0 amide bonds. The largest absolute Gasteiger partial charge is 0.466 e. The lowest BCUT2D eigenvalue weighted by Crippen LogP contribution is -2.37. The summed E-state index contributed by atoms with van der Waals surface area (Å²) < 4.78 is 32.9. The van der Waals surface area contributed by atoms with Gasteiger partial charge >= 0.3 is 12.5 Å². The van der Waals surface area contributed by atoms with Gasteiger partial charge in [-0.25, -0.2) is 4.98 Å². The standard InChI is InChI=1S/C17H21F2N3O2/c1-2-24-16(23)12-7-9-21(10-8-12)11-15-20-13-5-3-4-6-14(13)22(15)17(18)19/h3-6,12,17H,2,7-11H2,1H3. The fourth-order valence-corrected chi connectivity index (χ4v) is 3.21. The Morgan fingerprint density at radius 3 is 2.71 bits per heavy atom. The van der Waals surface area contributed by atoms with Crippen molar-refractivity contribution in [2.45, 2.75) is 32.9 Å². The van der Waals surface area contributed by atoms with Crippen molar-refractivity contribution in [2.24, 2.45) is 5.92 Å². The molecule has 0 bridgehead atoms. The Bertz CT molecular complexity index is 709. The number of likely N-dealkylation sites (tertiary alicyclic amines) is 1. The van der Waals surface area contributed by atoms with Gasteiger partial charge in [-0.15, -0.1) is 0 Å². The number of benzene rings is 1. The molecule has 0 aliphatic carbocycles. The first kappa shape index (κ1) is 16.8. The molecule has 24 heavy (non-hydrogen) atoms. The smallest absolute Gasteiger partial charge is 0.320 e. The van der Waals surface area contributed by atoms with Crippen molar-refractivity contribution in [1.29, 1.82) is 0 Å². The number of carbonyl (C=O) groups is 1. The Balaban J connectivity index is 1.70. The highest BCUT2D eigenvalue weighted by Gasteiger charge is 2.27. The van der Waals surface area contributed by atoms with E-state index in [1.54, 1.807) is 31.2 Å². The molecule has 2 heterocycles. The minimum absolute atomic E-state index is 0.0879. The fraction of sp³-hybridized carbons (Fsp3) is 0.529. The van der Waals surface area contributed by atoms with Gasteiger partial charge < -0.3 is 4.74 Å². The zero-order valence-electron chi connectivity index (χ0n) is 13.6. The van der Waals surface area contributed by atoms with Crippen molar-refractivity contribution in [3.8, 4) is 0 Å². The van der Waals surface area contributed by atoms with Gasteiger partial charge in [0.05, 0.1) is 30.1 Å². The van der Waals surface area contributed by atoms with Crippen LogP contribution in [0.5, 0.6) is 0 Å².